The van der Waals surface area contributed by atoms with Gasteiger partial charge in [0, 0.05) is 5.92 Å². The molecule has 1 aromatic carbocycles. The number of rotatable bonds is 2. The lowest BCUT2D eigenvalue weighted by molar-refractivity contribution is 0.387. The summed E-state index contributed by atoms with van der Waals surface area (Å²) in [6, 6.07) is 6.37. The van der Waals surface area contributed by atoms with E-state index in [2.05, 4.69) is 37.2 Å². The van der Waals surface area contributed by atoms with E-state index in [9.17, 15) is 0 Å². The third-order valence-electron chi connectivity index (χ3n) is 3.49. The van der Waals surface area contributed by atoms with Crippen molar-refractivity contribution in [3.05, 3.63) is 35.1 Å². The first-order valence-corrected chi connectivity index (χ1v) is 5.99. The molecule has 2 N–H and O–H groups in total. The van der Waals surface area contributed by atoms with E-state index in [-0.39, 0.29) is 0 Å². The van der Waals surface area contributed by atoms with Crippen molar-refractivity contribution < 1.29 is 4.52 Å². The minimum absolute atomic E-state index is 0.509. The van der Waals surface area contributed by atoms with Gasteiger partial charge in [-0.1, -0.05) is 23.4 Å². The number of aromatic nitrogens is 1. The van der Waals surface area contributed by atoms with Crippen molar-refractivity contribution in [1.82, 2.24) is 5.16 Å². The van der Waals surface area contributed by atoms with Gasteiger partial charge in [0.1, 0.15) is 5.76 Å². The lowest BCUT2D eigenvalue weighted by Gasteiger charge is -2.05. The molecule has 0 bridgehead atoms. The molecule has 0 atom stereocenters. The highest BCUT2D eigenvalue weighted by Gasteiger charge is 2.32. The van der Waals surface area contributed by atoms with Crippen LogP contribution in [-0.4, -0.2) is 5.16 Å². The van der Waals surface area contributed by atoms with E-state index >= 15 is 0 Å². The Bertz CT molecular complexity index is 568. The van der Waals surface area contributed by atoms with Gasteiger partial charge < -0.3 is 10.3 Å². The molecule has 0 saturated heterocycles. The van der Waals surface area contributed by atoms with E-state index in [1.165, 1.54) is 24.0 Å². The quantitative estimate of drug-likeness (QED) is 0.856. The van der Waals surface area contributed by atoms with Crippen LogP contribution in [0.25, 0.3) is 11.1 Å². The molecule has 1 aromatic heterocycles. The van der Waals surface area contributed by atoms with Crippen LogP contribution in [0.2, 0.25) is 0 Å². The third kappa shape index (κ3) is 1.71. The smallest absolute Gasteiger partial charge is 0.175 e. The van der Waals surface area contributed by atoms with Crippen LogP contribution in [0.15, 0.2) is 22.7 Å². The largest absolute Gasteiger partial charge is 0.380 e. The second-order valence-electron chi connectivity index (χ2n) is 4.88. The van der Waals surface area contributed by atoms with E-state index < -0.39 is 0 Å². The molecule has 1 aliphatic carbocycles. The fourth-order valence-corrected chi connectivity index (χ4v) is 2.13. The summed E-state index contributed by atoms with van der Waals surface area (Å²) >= 11 is 0. The zero-order valence-electron chi connectivity index (χ0n) is 10.2. The second kappa shape index (κ2) is 3.62. The van der Waals surface area contributed by atoms with Crippen LogP contribution < -0.4 is 5.73 Å². The van der Waals surface area contributed by atoms with Crippen molar-refractivity contribution >= 4 is 5.82 Å². The molecule has 1 fully saturated rings. The first kappa shape index (κ1) is 10.4. The molecule has 88 valence electrons. The minimum Gasteiger partial charge on any atom is -0.380 e. The average Bonchev–Trinajstić information content (AvgIpc) is 3.07. The molecule has 3 rings (SSSR count). The number of anilines is 1. The summed E-state index contributed by atoms with van der Waals surface area (Å²) in [4.78, 5) is 0. The third-order valence-corrected chi connectivity index (χ3v) is 3.49. The fraction of sp³-hybridized carbons (Fsp3) is 0.357. The highest BCUT2D eigenvalue weighted by Crippen LogP contribution is 2.46. The first-order valence-electron chi connectivity index (χ1n) is 5.99. The van der Waals surface area contributed by atoms with Crippen LogP contribution in [0.3, 0.4) is 0 Å². The number of nitrogens with two attached hydrogens (primary N) is 1. The van der Waals surface area contributed by atoms with Crippen LogP contribution >= 0.6 is 0 Å². The Hall–Kier alpha value is -1.77. The standard InChI is InChI=1S/C14H16N2O/c1-8-3-4-11(7-9(8)2)12-13(10-5-6-10)17-16-14(12)15/h3-4,7,10H,5-6H2,1-2H3,(H2,15,16). The molecule has 3 nitrogen and oxygen atoms in total. The van der Waals surface area contributed by atoms with E-state index in [1.807, 2.05) is 0 Å². The van der Waals surface area contributed by atoms with Crippen LogP contribution in [0.5, 0.6) is 0 Å². The number of hydrogen-bond donors (Lipinski definition) is 1. The Balaban J connectivity index is 2.13. The van der Waals surface area contributed by atoms with Crippen molar-refractivity contribution in [3.8, 4) is 11.1 Å². The molecule has 0 aliphatic heterocycles. The summed E-state index contributed by atoms with van der Waals surface area (Å²) < 4.78 is 5.37. The molecule has 0 amide bonds. The van der Waals surface area contributed by atoms with E-state index in [0.29, 0.717) is 11.7 Å². The Morgan fingerprint density at radius 1 is 1.24 bits per heavy atom. The molecule has 1 aliphatic rings. The van der Waals surface area contributed by atoms with Crippen LogP contribution in [-0.2, 0) is 0 Å². The molecular weight excluding hydrogens is 212 g/mol. The zero-order valence-corrected chi connectivity index (χ0v) is 10.2. The average molecular weight is 228 g/mol. The Morgan fingerprint density at radius 3 is 2.65 bits per heavy atom. The molecule has 0 spiro atoms. The van der Waals surface area contributed by atoms with E-state index in [1.54, 1.807) is 0 Å². The highest BCUT2D eigenvalue weighted by atomic mass is 16.5. The summed E-state index contributed by atoms with van der Waals surface area (Å²) in [6.45, 7) is 4.22. The van der Waals surface area contributed by atoms with Gasteiger partial charge in [-0.3, -0.25) is 0 Å². The van der Waals surface area contributed by atoms with Gasteiger partial charge >= 0.3 is 0 Å². The van der Waals surface area contributed by atoms with Crippen LogP contribution in [0.4, 0.5) is 5.82 Å². The summed E-state index contributed by atoms with van der Waals surface area (Å²) in [5, 5.41) is 3.91. The van der Waals surface area contributed by atoms with Crippen molar-refractivity contribution in [1.29, 1.82) is 0 Å². The van der Waals surface area contributed by atoms with E-state index in [0.717, 1.165) is 16.9 Å². The highest BCUT2D eigenvalue weighted by molar-refractivity contribution is 5.77. The molecule has 2 aromatic rings. The monoisotopic (exact) mass is 228 g/mol. The summed E-state index contributed by atoms with van der Waals surface area (Å²) in [7, 11) is 0. The molecular formula is C14H16N2O. The van der Waals surface area contributed by atoms with Crippen molar-refractivity contribution in [2.45, 2.75) is 32.6 Å². The van der Waals surface area contributed by atoms with Crippen molar-refractivity contribution in [2.75, 3.05) is 5.73 Å². The maximum atomic E-state index is 5.92. The Kier molecular flexibility index (Phi) is 2.21. The van der Waals surface area contributed by atoms with Gasteiger partial charge in [0.05, 0.1) is 5.56 Å². The topological polar surface area (TPSA) is 52.0 Å². The molecule has 0 unspecified atom stereocenters. The van der Waals surface area contributed by atoms with E-state index in [4.69, 9.17) is 10.3 Å². The predicted octanol–water partition coefficient (Wildman–Crippen LogP) is 3.42. The number of nitrogen functional groups attached to an aromatic ring is 1. The molecule has 17 heavy (non-hydrogen) atoms. The lowest BCUT2D eigenvalue weighted by Crippen LogP contribution is -1.91. The predicted molar refractivity (Wildman–Crippen MR) is 67.8 cm³/mol. The Labute approximate surface area is 101 Å². The van der Waals surface area contributed by atoms with Gasteiger partial charge in [-0.15, -0.1) is 0 Å². The lowest BCUT2D eigenvalue weighted by atomic mass is 9.99. The minimum atomic E-state index is 0.509. The van der Waals surface area contributed by atoms with Crippen molar-refractivity contribution in [3.63, 3.8) is 0 Å². The summed E-state index contributed by atoms with van der Waals surface area (Å²) in [6.07, 6.45) is 2.37. The van der Waals surface area contributed by atoms with Gasteiger partial charge in [0.15, 0.2) is 5.82 Å². The van der Waals surface area contributed by atoms with Gasteiger partial charge in [-0.25, -0.2) is 0 Å². The summed E-state index contributed by atoms with van der Waals surface area (Å²) in [5.41, 5.74) is 10.6. The number of aryl methyl sites for hydroxylation is 2. The van der Waals surface area contributed by atoms with Gasteiger partial charge in [0.2, 0.25) is 0 Å². The second-order valence-corrected chi connectivity index (χ2v) is 4.88. The normalized spacial score (nSPS) is 15.2. The maximum Gasteiger partial charge on any atom is 0.175 e. The van der Waals surface area contributed by atoms with Gasteiger partial charge in [-0.2, -0.15) is 0 Å². The van der Waals surface area contributed by atoms with Gasteiger partial charge in [-0.05, 0) is 43.4 Å². The molecule has 3 heteroatoms. The first-order chi connectivity index (χ1) is 8.16. The summed E-state index contributed by atoms with van der Waals surface area (Å²) in [5.74, 6) is 2.00. The number of hydrogen-bond acceptors (Lipinski definition) is 3. The number of benzene rings is 1. The van der Waals surface area contributed by atoms with Gasteiger partial charge in [0.25, 0.3) is 0 Å². The Morgan fingerprint density at radius 2 is 2.00 bits per heavy atom. The molecule has 0 radical (unpaired) electrons. The molecule has 1 saturated carbocycles. The number of nitrogens with zero attached hydrogens (tertiary/aromatic N) is 1. The van der Waals surface area contributed by atoms with Crippen molar-refractivity contribution in [2.24, 2.45) is 0 Å². The molecule has 1 heterocycles. The fourth-order valence-electron chi connectivity index (χ4n) is 2.13. The zero-order chi connectivity index (χ0) is 12.0. The van der Waals surface area contributed by atoms with Crippen LogP contribution in [0, 0.1) is 13.8 Å². The maximum absolute atomic E-state index is 5.92. The van der Waals surface area contributed by atoms with Crippen LogP contribution in [0.1, 0.15) is 35.6 Å². The SMILES string of the molecule is Cc1ccc(-c2c(N)noc2C2CC2)cc1C.